The number of aromatic nitrogens is 4. The second-order valence-electron chi connectivity index (χ2n) is 5.94. The lowest BCUT2D eigenvalue weighted by atomic mass is 10.2. The summed E-state index contributed by atoms with van der Waals surface area (Å²) in [5, 5.41) is 4.73. The summed E-state index contributed by atoms with van der Waals surface area (Å²) >= 11 is 6.45. The zero-order valence-electron chi connectivity index (χ0n) is 14.1. The highest BCUT2D eigenvalue weighted by Gasteiger charge is 2.21. The maximum Gasteiger partial charge on any atom is 0.275 e. The smallest absolute Gasteiger partial charge is 0.267 e. The minimum absolute atomic E-state index is 0.313. The number of rotatable bonds is 4. The fraction of sp³-hybridized carbons (Fsp3) is 0.105. The van der Waals surface area contributed by atoms with E-state index < -0.39 is 0 Å². The zero-order valence-corrected chi connectivity index (χ0v) is 14.8. The number of carbonyl (C=O) groups is 1. The number of para-hydroxylation sites is 2. The van der Waals surface area contributed by atoms with Crippen molar-refractivity contribution >= 4 is 28.5 Å². The summed E-state index contributed by atoms with van der Waals surface area (Å²) in [5.41, 5.74) is 6.43. The molecule has 0 fully saturated rings. The van der Waals surface area contributed by atoms with E-state index in [0.717, 1.165) is 16.6 Å². The first-order chi connectivity index (χ1) is 12.6. The third-order valence-corrected chi connectivity index (χ3v) is 4.53. The van der Waals surface area contributed by atoms with Crippen molar-refractivity contribution in [2.24, 2.45) is 0 Å². The van der Waals surface area contributed by atoms with Crippen molar-refractivity contribution in [3.63, 3.8) is 0 Å². The lowest BCUT2D eigenvalue weighted by molar-refractivity contribution is 0.101. The Kier molecular flexibility index (Phi) is 4.18. The summed E-state index contributed by atoms with van der Waals surface area (Å²) in [6, 6.07) is 17.4. The molecule has 0 bridgehead atoms. The lowest BCUT2D eigenvalue weighted by Gasteiger charge is -2.07. The van der Waals surface area contributed by atoms with Gasteiger partial charge in [-0.25, -0.2) is 14.3 Å². The third kappa shape index (κ3) is 2.95. The number of benzene rings is 2. The molecule has 2 heterocycles. The van der Waals surface area contributed by atoms with Crippen LogP contribution in [-0.4, -0.2) is 25.3 Å². The quantitative estimate of drug-likeness (QED) is 0.600. The Hall–Kier alpha value is -3.12. The molecule has 1 amide bonds. The van der Waals surface area contributed by atoms with Gasteiger partial charge >= 0.3 is 0 Å². The Morgan fingerprint density at radius 2 is 1.85 bits per heavy atom. The number of nitrogens with zero attached hydrogens (tertiary/aromatic N) is 4. The molecule has 2 aromatic heterocycles. The van der Waals surface area contributed by atoms with Gasteiger partial charge in [-0.2, -0.15) is 5.10 Å². The van der Waals surface area contributed by atoms with Crippen LogP contribution in [0.5, 0.6) is 0 Å². The Bertz CT molecular complexity index is 1080. The van der Waals surface area contributed by atoms with E-state index in [1.807, 2.05) is 54.6 Å². The molecule has 130 valence electrons. The first kappa shape index (κ1) is 16.4. The molecule has 0 aliphatic rings. The van der Waals surface area contributed by atoms with E-state index in [1.165, 1.54) is 0 Å². The van der Waals surface area contributed by atoms with Crippen molar-refractivity contribution < 1.29 is 4.79 Å². The van der Waals surface area contributed by atoms with Gasteiger partial charge in [-0.15, -0.1) is 0 Å². The van der Waals surface area contributed by atoms with Crippen molar-refractivity contribution in [2.45, 2.75) is 13.5 Å². The number of imidazole rings is 1. The minimum Gasteiger partial charge on any atom is -0.267 e. The summed E-state index contributed by atoms with van der Waals surface area (Å²) in [6.45, 7) is 2.27. The Balaban J connectivity index is 1.62. The van der Waals surface area contributed by atoms with Crippen LogP contribution >= 0.6 is 11.6 Å². The van der Waals surface area contributed by atoms with Crippen molar-refractivity contribution in [3.8, 4) is 0 Å². The number of aryl methyl sites for hydroxylation is 1. The maximum atomic E-state index is 12.8. The minimum atomic E-state index is -0.324. The van der Waals surface area contributed by atoms with E-state index in [0.29, 0.717) is 23.0 Å². The van der Waals surface area contributed by atoms with Crippen molar-refractivity contribution in [1.82, 2.24) is 19.4 Å². The van der Waals surface area contributed by atoms with Crippen LogP contribution < -0.4 is 5.43 Å². The largest absolute Gasteiger partial charge is 0.275 e. The van der Waals surface area contributed by atoms with Gasteiger partial charge in [0.25, 0.3) is 5.91 Å². The highest BCUT2D eigenvalue weighted by molar-refractivity contribution is 6.33. The first-order valence-electron chi connectivity index (χ1n) is 8.14. The van der Waals surface area contributed by atoms with Gasteiger partial charge < -0.3 is 0 Å². The number of fused-ring (bicyclic) bond motifs is 1. The van der Waals surface area contributed by atoms with E-state index >= 15 is 0 Å². The van der Waals surface area contributed by atoms with Crippen molar-refractivity contribution in [1.29, 1.82) is 0 Å². The van der Waals surface area contributed by atoms with E-state index in [9.17, 15) is 4.79 Å². The molecule has 0 atom stereocenters. The summed E-state index contributed by atoms with van der Waals surface area (Å²) in [6.07, 6.45) is 1.57. The van der Waals surface area contributed by atoms with Gasteiger partial charge in [0.05, 0.1) is 23.3 Å². The molecule has 26 heavy (non-hydrogen) atoms. The predicted octanol–water partition coefficient (Wildman–Crippen LogP) is 3.63. The molecule has 0 aliphatic heterocycles. The number of halogens is 1. The molecule has 4 aromatic rings. The molecular weight excluding hydrogens is 350 g/mol. The van der Waals surface area contributed by atoms with Crippen LogP contribution in [0, 0.1) is 6.92 Å². The van der Waals surface area contributed by atoms with Crippen LogP contribution in [0.4, 0.5) is 0 Å². The third-order valence-electron chi connectivity index (χ3n) is 4.14. The molecule has 0 saturated carbocycles. The molecule has 0 spiro atoms. The van der Waals surface area contributed by atoms with Crippen LogP contribution in [0.3, 0.4) is 0 Å². The van der Waals surface area contributed by atoms with Gasteiger partial charge in [0, 0.05) is 0 Å². The SMILES string of the molecule is Cc1nn(Cc2ccccc2)c(Cl)c1C(=O)Nn1cnc2ccccc21. The highest BCUT2D eigenvalue weighted by Crippen LogP contribution is 2.21. The average Bonchev–Trinajstić information content (AvgIpc) is 3.17. The van der Waals surface area contributed by atoms with Crippen molar-refractivity contribution in [2.75, 3.05) is 5.43 Å². The molecule has 0 unspecified atom stereocenters. The van der Waals surface area contributed by atoms with E-state index in [-0.39, 0.29) is 5.91 Å². The number of hydrogen-bond donors (Lipinski definition) is 1. The fourth-order valence-electron chi connectivity index (χ4n) is 2.89. The molecule has 0 radical (unpaired) electrons. The normalized spacial score (nSPS) is 11.0. The van der Waals surface area contributed by atoms with Crippen LogP contribution in [-0.2, 0) is 6.54 Å². The zero-order chi connectivity index (χ0) is 18.1. The monoisotopic (exact) mass is 365 g/mol. The summed E-state index contributed by atoms with van der Waals surface area (Å²) in [7, 11) is 0. The van der Waals surface area contributed by atoms with Crippen LogP contribution in [0.15, 0.2) is 60.9 Å². The molecule has 1 N–H and O–H groups in total. The predicted molar refractivity (Wildman–Crippen MR) is 101 cm³/mol. The second kappa shape index (κ2) is 6.65. The van der Waals surface area contributed by atoms with Crippen molar-refractivity contribution in [3.05, 3.63) is 82.9 Å². The Morgan fingerprint density at radius 3 is 2.65 bits per heavy atom. The van der Waals surface area contributed by atoms with Gasteiger partial charge in [0.1, 0.15) is 17.0 Å². The van der Waals surface area contributed by atoms with Gasteiger partial charge in [-0.05, 0) is 24.6 Å². The van der Waals surface area contributed by atoms with E-state index in [4.69, 9.17) is 11.6 Å². The van der Waals surface area contributed by atoms with Gasteiger partial charge in [0.15, 0.2) is 0 Å². The van der Waals surface area contributed by atoms with Gasteiger partial charge in [-0.3, -0.25) is 10.2 Å². The molecule has 6 nitrogen and oxygen atoms in total. The molecule has 2 aromatic carbocycles. The second-order valence-corrected chi connectivity index (χ2v) is 6.30. The lowest BCUT2D eigenvalue weighted by Crippen LogP contribution is -2.22. The fourth-order valence-corrected chi connectivity index (χ4v) is 3.21. The number of carbonyl (C=O) groups excluding carboxylic acids is 1. The number of amides is 1. The van der Waals surface area contributed by atoms with Gasteiger partial charge in [-0.1, -0.05) is 54.1 Å². The standard InChI is InChI=1S/C19H16ClN5O/c1-13-17(18(20)24(22-13)11-14-7-3-2-4-8-14)19(26)23-25-12-21-15-9-5-6-10-16(15)25/h2-10,12H,11H2,1H3,(H,23,26). The molecule has 4 rings (SSSR count). The Morgan fingerprint density at radius 1 is 1.12 bits per heavy atom. The molecular formula is C19H16ClN5O. The van der Waals surface area contributed by atoms with Gasteiger partial charge in [0.2, 0.25) is 0 Å². The number of nitrogens with one attached hydrogen (secondary N) is 1. The Labute approximate surface area is 155 Å². The summed E-state index contributed by atoms with van der Waals surface area (Å²) in [4.78, 5) is 17.0. The topological polar surface area (TPSA) is 64.7 Å². The molecule has 0 aliphatic carbocycles. The first-order valence-corrected chi connectivity index (χ1v) is 8.51. The summed E-state index contributed by atoms with van der Waals surface area (Å²) in [5.74, 6) is -0.324. The van der Waals surface area contributed by atoms with Crippen LogP contribution in [0.2, 0.25) is 5.15 Å². The molecule has 7 heteroatoms. The summed E-state index contributed by atoms with van der Waals surface area (Å²) < 4.78 is 3.22. The highest BCUT2D eigenvalue weighted by atomic mass is 35.5. The molecule has 0 saturated heterocycles. The van der Waals surface area contributed by atoms with Crippen LogP contribution in [0.25, 0.3) is 11.0 Å². The van der Waals surface area contributed by atoms with E-state index in [2.05, 4.69) is 15.5 Å². The average molecular weight is 366 g/mol. The van der Waals surface area contributed by atoms with E-state index in [1.54, 1.807) is 22.6 Å². The number of hydrogen-bond acceptors (Lipinski definition) is 3. The maximum absolute atomic E-state index is 12.8. The van der Waals surface area contributed by atoms with Crippen LogP contribution in [0.1, 0.15) is 21.6 Å².